The van der Waals surface area contributed by atoms with Gasteiger partial charge in [0, 0.05) is 13.7 Å². The normalized spacial score (nSPS) is 12.3. The van der Waals surface area contributed by atoms with E-state index >= 15 is 0 Å². The summed E-state index contributed by atoms with van der Waals surface area (Å²) in [6.07, 6.45) is -4.67. The summed E-state index contributed by atoms with van der Waals surface area (Å²) in [4.78, 5) is 33.5. The second kappa shape index (κ2) is 11.8. The number of methoxy groups -OCH3 is 2. The molecule has 210 valence electrons. The maximum atomic E-state index is 13.9. The largest absolute Gasteiger partial charge is 0.495 e. The Kier molecular flexibility index (Phi) is 8.43. The summed E-state index contributed by atoms with van der Waals surface area (Å²) in [6.45, 7) is 3.61. The van der Waals surface area contributed by atoms with Crippen molar-refractivity contribution < 1.29 is 27.4 Å². The molecule has 0 fully saturated rings. The zero-order chi connectivity index (χ0) is 29.0. The Hall–Kier alpha value is -4.38. The van der Waals surface area contributed by atoms with Crippen LogP contribution < -0.4 is 15.6 Å². The standard InChI is InChI=1S/C29H29F3N4O4/c1-18-13-14-25(40-4)24(17-18)36-26(33-22-11-7-5-9-20(22)27(36)37)19(2)35(15-16-39-3)28(38)34-23-12-8-6-10-21(23)29(30,31)32/h5-14,17,19H,15-16H2,1-4H3,(H,34,38). The SMILES string of the molecule is COCCN(C(=O)Nc1ccccc1C(F)(F)F)C(C)c1nc2ccccc2c(=O)n1-c1cc(C)ccc1OC. The highest BCUT2D eigenvalue weighted by atomic mass is 19.4. The first-order valence-corrected chi connectivity index (χ1v) is 12.5. The van der Waals surface area contributed by atoms with Crippen LogP contribution in [-0.2, 0) is 10.9 Å². The highest BCUT2D eigenvalue weighted by molar-refractivity contribution is 5.90. The van der Waals surface area contributed by atoms with Gasteiger partial charge in [-0.1, -0.05) is 30.3 Å². The maximum absolute atomic E-state index is 13.9. The molecule has 0 radical (unpaired) electrons. The first kappa shape index (κ1) is 28.6. The van der Waals surface area contributed by atoms with Gasteiger partial charge in [0.05, 0.1) is 47.6 Å². The highest BCUT2D eigenvalue weighted by Crippen LogP contribution is 2.35. The van der Waals surface area contributed by atoms with Gasteiger partial charge >= 0.3 is 12.2 Å². The van der Waals surface area contributed by atoms with Gasteiger partial charge in [-0.2, -0.15) is 13.2 Å². The van der Waals surface area contributed by atoms with Crippen LogP contribution in [0.4, 0.5) is 23.7 Å². The molecule has 4 aromatic rings. The van der Waals surface area contributed by atoms with Crippen LogP contribution in [0.2, 0.25) is 0 Å². The number of carbonyl (C=O) groups is 1. The fraction of sp³-hybridized carbons (Fsp3) is 0.276. The number of alkyl halides is 3. The molecule has 0 aliphatic carbocycles. The van der Waals surface area contributed by atoms with Crippen molar-refractivity contribution in [1.82, 2.24) is 14.5 Å². The third-order valence-electron chi connectivity index (χ3n) is 6.49. The zero-order valence-electron chi connectivity index (χ0n) is 22.5. The molecule has 0 aliphatic heterocycles. The number of rotatable bonds is 8. The second-order valence-corrected chi connectivity index (χ2v) is 9.14. The van der Waals surface area contributed by atoms with Crippen molar-refractivity contribution in [3.8, 4) is 11.4 Å². The number of benzene rings is 3. The van der Waals surface area contributed by atoms with E-state index in [0.29, 0.717) is 22.3 Å². The number of amides is 2. The van der Waals surface area contributed by atoms with Gasteiger partial charge < -0.3 is 19.7 Å². The Morgan fingerprint density at radius 1 is 1.07 bits per heavy atom. The fourth-order valence-corrected chi connectivity index (χ4v) is 4.46. The number of hydrogen-bond donors (Lipinski definition) is 1. The van der Waals surface area contributed by atoms with Crippen LogP contribution in [0.15, 0.2) is 71.5 Å². The molecule has 0 spiro atoms. The van der Waals surface area contributed by atoms with Crippen LogP contribution >= 0.6 is 0 Å². The van der Waals surface area contributed by atoms with Crippen molar-refractivity contribution in [2.75, 3.05) is 32.7 Å². The van der Waals surface area contributed by atoms with E-state index in [-0.39, 0.29) is 30.2 Å². The minimum absolute atomic E-state index is 0.00529. The predicted octanol–water partition coefficient (Wildman–Crippen LogP) is 5.96. The number of hydrogen-bond acceptors (Lipinski definition) is 5. The molecule has 8 nitrogen and oxygen atoms in total. The summed E-state index contributed by atoms with van der Waals surface area (Å²) in [6, 6.07) is 15.2. The first-order chi connectivity index (χ1) is 19.1. The molecule has 40 heavy (non-hydrogen) atoms. The van der Waals surface area contributed by atoms with Gasteiger partial charge in [-0.25, -0.2) is 9.78 Å². The summed E-state index contributed by atoms with van der Waals surface area (Å²) < 4.78 is 53.0. The van der Waals surface area contributed by atoms with Crippen molar-refractivity contribution in [3.05, 3.63) is 94.0 Å². The van der Waals surface area contributed by atoms with Crippen LogP contribution in [0, 0.1) is 6.92 Å². The second-order valence-electron chi connectivity index (χ2n) is 9.14. The van der Waals surface area contributed by atoms with Gasteiger partial charge in [-0.3, -0.25) is 9.36 Å². The Bertz CT molecular complexity index is 1590. The molecule has 3 aromatic carbocycles. The zero-order valence-corrected chi connectivity index (χ0v) is 22.5. The van der Waals surface area contributed by atoms with Crippen molar-refractivity contribution in [3.63, 3.8) is 0 Å². The first-order valence-electron chi connectivity index (χ1n) is 12.5. The molecular weight excluding hydrogens is 525 g/mol. The molecule has 1 unspecified atom stereocenters. The number of ether oxygens (including phenoxy) is 2. The number of urea groups is 1. The molecule has 4 rings (SSSR count). The Morgan fingerprint density at radius 3 is 2.48 bits per heavy atom. The number of aryl methyl sites for hydroxylation is 1. The summed E-state index contributed by atoms with van der Waals surface area (Å²) in [5.41, 5.74) is -0.0707. The molecule has 0 aliphatic rings. The van der Waals surface area contributed by atoms with E-state index in [1.165, 1.54) is 41.9 Å². The highest BCUT2D eigenvalue weighted by Gasteiger charge is 2.35. The van der Waals surface area contributed by atoms with E-state index in [2.05, 4.69) is 5.32 Å². The van der Waals surface area contributed by atoms with Crippen molar-refractivity contribution in [2.24, 2.45) is 0 Å². The molecule has 0 saturated heterocycles. The Balaban J connectivity index is 1.88. The van der Waals surface area contributed by atoms with Crippen LogP contribution in [0.5, 0.6) is 5.75 Å². The average molecular weight is 555 g/mol. The molecule has 11 heteroatoms. The molecule has 0 bridgehead atoms. The van der Waals surface area contributed by atoms with Crippen molar-refractivity contribution >= 4 is 22.6 Å². The van der Waals surface area contributed by atoms with Crippen LogP contribution in [0.25, 0.3) is 16.6 Å². The minimum Gasteiger partial charge on any atom is -0.495 e. The Morgan fingerprint density at radius 2 is 1.77 bits per heavy atom. The van der Waals surface area contributed by atoms with Gasteiger partial charge in [0.15, 0.2) is 0 Å². The number of anilines is 1. The van der Waals surface area contributed by atoms with E-state index in [1.54, 1.807) is 43.3 Å². The van der Waals surface area contributed by atoms with Crippen LogP contribution in [0.1, 0.15) is 29.9 Å². The van der Waals surface area contributed by atoms with E-state index in [1.807, 2.05) is 13.0 Å². The smallest absolute Gasteiger partial charge is 0.418 e. The summed E-state index contributed by atoms with van der Waals surface area (Å²) >= 11 is 0. The van der Waals surface area contributed by atoms with E-state index in [0.717, 1.165) is 11.6 Å². The topological polar surface area (TPSA) is 85.7 Å². The lowest BCUT2D eigenvalue weighted by Gasteiger charge is -2.31. The number of aromatic nitrogens is 2. The lowest BCUT2D eigenvalue weighted by molar-refractivity contribution is -0.136. The minimum atomic E-state index is -4.67. The number of para-hydroxylation sites is 2. The van der Waals surface area contributed by atoms with Crippen molar-refractivity contribution in [1.29, 1.82) is 0 Å². The molecule has 0 saturated carbocycles. The molecule has 1 aromatic heterocycles. The molecule has 1 atom stereocenters. The lowest BCUT2D eigenvalue weighted by Crippen LogP contribution is -2.42. The van der Waals surface area contributed by atoms with Gasteiger partial charge in [0.2, 0.25) is 0 Å². The predicted molar refractivity (Wildman–Crippen MR) is 146 cm³/mol. The number of carbonyl (C=O) groups excluding carboxylic acids is 1. The molecule has 1 heterocycles. The average Bonchev–Trinajstić information content (AvgIpc) is 2.92. The van der Waals surface area contributed by atoms with Gasteiger partial charge in [-0.05, 0) is 55.8 Å². The van der Waals surface area contributed by atoms with E-state index in [4.69, 9.17) is 14.5 Å². The third-order valence-corrected chi connectivity index (χ3v) is 6.49. The number of nitrogens with one attached hydrogen (secondary N) is 1. The quantitative estimate of drug-likeness (QED) is 0.290. The monoisotopic (exact) mass is 554 g/mol. The molecule has 1 N–H and O–H groups in total. The third kappa shape index (κ3) is 5.79. The van der Waals surface area contributed by atoms with E-state index < -0.39 is 23.8 Å². The van der Waals surface area contributed by atoms with Crippen LogP contribution in [0.3, 0.4) is 0 Å². The molecule has 2 amide bonds. The van der Waals surface area contributed by atoms with Gasteiger partial charge in [-0.15, -0.1) is 0 Å². The number of fused-ring (bicyclic) bond motifs is 1. The summed E-state index contributed by atoms with van der Waals surface area (Å²) in [7, 11) is 2.93. The lowest BCUT2D eigenvalue weighted by atomic mass is 10.1. The van der Waals surface area contributed by atoms with Crippen LogP contribution in [-0.4, -0.2) is 47.9 Å². The number of halogens is 3. The summed E-state index contributed by atoms with van der Waals surface area (Å²) in [5.74, 6) is 0.605. The van der Waals surface area contributed by atoms with Gasteiger partial charge in [0.1, 0.15) is 11.6 Å². The fourth-order valence-electron chi connectivity index (χ4n) is 4.46. The Labute approximate surface area is 229 Å². The number of nitrogens with zero attached hydrogens (tertiary/aromatic N) is 3. The summed E-state index contributed by atoms with van der Waals surface area (Å²) in [5, 5.41) is 2.75. The molecular formula is C29H29F3N4O4. The van der Waals surface area contributed by atoms with Gasteiger partial charge in [0.25, 0.3) is 5.56 Å². The maximum Gasteiger partial charge on any atom is 0.418 e. The van der Waals surface area contributed by atoms with Crippen molar-refractivity contribution in [2.45, 2.75) is 26.1 Å². The van der Waals surface area contributed by atoms with E-state index in [9.17, 15) is 22.8 Å².